The number of nitrogens with one attached hydrogen (secondary N) is 1. The number of anilines is 2. The molecule has 1 amide bonds. The van der Waals surface area contributed by atoms with Gasteiger partial charge in [0.25, 0.3) is 5.91 Å². The number of nitrogens with two attached hydrogens (primary N) is 1. The zero-order valence-corrected chi connectivity index (χ0v) is 14.3. The van der Waals surface area contributed by atoms with Crippen molar-refractivity contribution in [3.8, 4) is 0 Å². The molecule has 0 aliphatic rings. The Morgan fingerprint density at radius 1 is 1.33 bits per heavy atom. The highest BCUT2D eigenvalue weighted by Crippen LogP contribution is 2.22. The first-order chi connectivity index (χ1) is 11.2. The van der Waals surface area contributed by atoms with E-state index < -0.39 is 17.3 Å². The summed E-state index contributed by atoms with van der Waals surface area (Å²) < 4.78 is 13.4. The van der Waals surface area contributed by atoms with Gasteiger partial charge in [-0.05, 0) is 68.1 Å². The van der Waals surface area contributed by atoms with Crippen molar-refractivity contribution in [2.24, 2.45) is 0 Å². The summed E-state index contributed by atoms with van der Waals surface area (Å²) >= 11 is 5.64. The Hall–Kier alpha value is -2.11. The molecular formula is C18H20ClFN2O2. The molecule has 2 rings (SSSR count). The van der Waals surface area contributed by atoms with E-state index in [-0.39, 0.29) is 11.4 Å². The summed E-state index contributed by atoms with van der Waals surface area (Å²) in [5.74, 6) is -1.04. The van der Waals surface area contributed by atoms with E-state index >= 15 is 0 Å². The topological polar surface area (TPSA) is 75.3 Å². The van der Waals surface area contributed by atoms with Crippen molar-refractivity contribution in [2.45, 2.75) is 32.3 Å². The lowest BCUT2D eigenvalue weighted by Gasteiger charge is -2.22. The van der Waals surface area contributed by atoms with Crippen LogP contribution in [0.3, 0.4) is 0 Å². The van der Waals surface area contributed by atoms with Gasteiger partial charge in [-0.3, -0.25) is 4.79 Å². The van der Waals surface area contributed by atoms with Gasteiger partial charge in [0, 0.05) is 11.4 Å². The van der Waals surface area contributed by atoms with Gasteiger partial charge in [-0.15, -0.1) is 0 Å². The van der Waals surface area contributed by atoms with Crippen molar-refractivity contribution < 1.29 is 14.3 Å². The van der Waals surface area contributed by atoms with Crippen molar-refractivity contribution in [1.82, 2.24) is 0 Å². The van der Waals surface area contributed by atoms with E-state index in [4.69, 9.17) is 17.3 Å². The fourth-order valence-corrected chi connectivity index (χ4v) is 2.33. The second-order valence-electron chi connectivity index (χ2n) is 6.05. The second kappa shape index (κ2) is 7.20. The minimum absolute atomic E-state index is 0.0435. The van der Waals surface area contributed by atoms with Crippen LogP contribution in [0.4, 0.5) is 15.8 Å². The summed E-state index contributed by atoms with van der Waals surface area (Å²) in [6.07, 6.45) is 0.489. The van der Waals surface area contributed by atoms with Gasteiger partial charge < -0.3 is 16.2 Å². The fraction of sp³-hybridized carbons (Fsp3) is 0.278. The molecule has 0 bridgehead atoms. The molecule has 0 saturated carbocycles. The normalized spacial score (nSPS) is 13.4. The van der Waals surface area contributed by atoms with Gasteiger partial charge >= 0.3 is 0 Å². The fourth-order valence-electron chi connectivity index (χ4n) is 2.22. The first-order valence-corrected chi connectivity index (χ1v) is 7.91. The number of aryl methyl sites for hydroxylation is 2. The van der Waals surface area contributed by atoms with Crippen LogP contribution >= 0.6 is 11.6 Å². The zero-order valence-electron chi connectivity index (χ0n) is 13.6. The van der Waals surface area contributed by atoms with Crippen LogP contribution in [-0.2, 0) is 11.2 Å². The second-order valence-corrected chi connectivity index (χ2v) is 6.46. The Morgan fingerprint density at radius 2 is 2.04 bits per heavy atom. The summed E-state index contributed by atoms with van der Waals surface area (Å²) in [4.78, 5) is 12.3. The summed E-state index contributed by atoms with van der Waals surface area (Å²) in [7, 11) is 0. The highest BCUT2D eigenvalue weighted by Gasteiger charge is 2.30. The molecule has 0 heterocycles. The molecule has 24 heavy (non-hydrogen) atoms. The van der Waals surface area contributed by atoms with Crippen molar-refractivity contribution in [1.29, 1.82) is 0 Å². The standard InChI is InChI=1S/C18H20ClFN2O2/c1-11-9-13(4-6-16(11)21)22-17(23)18(2,24)8-7-12-3-5-14(19)15(20)10-12/h3-6,9-10,24H,7-8,21H2,1-2H3,(H,22,23)/t18-/m0/s1. The third-order valence-electron chi connectivity index (χ3n) is 3.90. The van der Waals surface area contributed by atoms with Gasteiger partial charge in [-0.25, -0.2) is 4.39 Å². The highest BCUT2D eigenvalue weighted by molar-refractivity contribution is 6.30. The lowest BCUT2D eigenvalue weighted by atomic mass is 9.95. The maximum absolute atomic E-state index is 13.4. The summed E-state index contributed by atoms with van der Waals surface area (Å²) in [6, 6.07) is 9.53. The molecule has 0 unspecified atom stereocenters. The number of carbonyl (C=O) groups excluding carboxylic acids is 1. The Kier molecular flexibility index (Phi) is 5.47. The molecule has 1 atom stereocenters. The Bertz CT molecular complexity index is 763. The van der Waals surface area contributed by atoms with E-state index in [0.717, 1.165) is 5.56 Å². The Labute approximate surface area is 145 Å². The monoisotopic (exact) mass is 350 g/mol. The van der Waals surface area contributed by atoms with Crippen LogP contribution in [0.25, 0.3) is 0 Å². The van der Waals surface area contributed by atoms with Gasteiger partial charge in [0.05, 0.1) is 5.02 Å². The molecule has 2 aromatic rings. The average molecular weight is 351 g/mol. The number of benzene rings is 2. The van der Waals surface area contributed by atoms with Gasteiger partial charge in [0.15, 0.2) is 0 Å². The minimum Gasteiger partial charge on any atom is -0.399 e. The van der Waals surface area contributed by atoms with Crippen LogP contribution in [0.1, 0.15) is 24.5 Å². The van der Waals surface area contributed by atoms with Crippen LogP contribution in [0, 0.1) is 12.7 Å². The first-order valence-electron chi connectivity index (χ1n) is 7.53. The molecule has 0 aliphatic carbocycles. The molecule has 0 spiro atoms. The molecular weight excluding hydrogens is 331 g/mol. The predicted molar refractivity (Wildman–Crippen MR) is 94.6 cm³/mol. The van der Waals surface area contributed by atoms with Crippen LogP contribution in [0.5, 0.6) is 0 Å². The Morgan fingerprint density at radius 3 is 2.67 bits per heavy atom. The molecule has 0 aromatic heterocycles. The zero-order chi connectivity index (χ0) is 17.9. The van der Waals surface area contributed by atoms with Crippen LogP contribution in [0.15, 0.2) is 36.4 Å². The largest absolute Gasteiger partial charge is 0.399 e. The molecule has 4 nitrogen and oxygen atoms in total. The average Bonchev–Trinajstić information content (AvgIpc) is 2.52. The van der Waals surface area contributed by atoms with Crippen LogP contribution in [-0.4, -0.2) is 16.6 Å². The molecule has 0 saturated heterocycles. The third-order valence-corrected chi connectivity index (χ3v) is 4.21. The lowest BCUT2D eigenvalue weighted by molar-refractivity contribution is -0.132. The molecule has 0 fully saturated rings. The molecule has 0 radical (unpaired) electrons. The van der Waals surface area contributed by atoms with Crippen molar-refractivity contribution in [3.05, 3.63) is 58.4 Å². The van der Waals surface area contributed by atoms with Crippen LogP contribution < -0.4 is 11.1 Å². The number of nitrogen functional groups attached to an aromatic ring is 1. The summed E-state index contributed by atoms with van der Waals surface area (Å²) in [5.41, 5.74) is 6.83. The number of halogens is 2. The summed E-state index contributed by atoms with van der Waals surface area (Å²) in [5, 5.41) is 13.1. The first kappa shape index (κ1) is 18.2. The van der Waals surface area contributed by atoms with E-state index in [9.17, 15) is 14.3 Å². The lowest BCUT2D eigenvalue weighted by Crippen LogP contribution is -2.40. The predicted octanol–water partition coefficient (Wildman–Crippen LogP) is 3.69. The van der Waals surface area contributed by atoms with Crippen molar-refractivity contribution in [2.75, 3.05) is 11.1 Å². The van der Waals surface area contributed by atoms with Gasteiger partial charge in [0.1, 0.15) is 11.4 Å². The van der Waals surface area contributed by atoms with E-state index in [1.54, 1.807) is 24.3 Å². The van der Waals surface area contributed by atoms with Crippen molar-refractivity contribution in [3.63, 3.8) is 0 Å². The number of carbonyl (C=O) groups is 1. The van der Waals surface area contributed by atoms with Gasteiger partial charge in [0.2, 0.25) is 0 Å². The molecule has 2 aromatic carbocycles. The number of amides is 1. The minimum atomic E-state index is -1.59. The Balaban J connectivity index is 2.01. The molecule has 0 aliphatic heterocycles. The van der Waals surface area contributed by atoms with Gasteiger partial charge in [-0.2, -0.15) is 0 Å². The highest BCUT2D eigenvalue weighted by atomic mass is 35.5. The maximum Gasteiger partial charge on any atom is 0.256 e. The third kappa shape index (κ3) is 4.46. The molecule has 128 valence electrons. The van der Waals surface area contributed by atoms with Gasteiger partial charge in [-0.1, -0.05) is 17.7 Å². The van der Waals surface area contributed by atoms with Crippen molar-refractivity contribution >= 4 is 28.9 Å². The number of rotatable bonds is 5. The van der Waals surface area contributed by atoms with Crippen LogP contribution in [0.2, 0.25) is 5.02 Å². The quantitative estimate of drug-likeness (QED) is 0.720. The molecule has 6 heteroatoms. The number of hydrogen-bond donors (Lipinski definition) is 3. The van der Waals surface area contributed by atoms with E-state index in [1.807, 2.05) is 6.92 Å². The maximum atomic E-state index is 13.4. The van der Waals surface area contributed by atoms with E-state index in [2.05, 4.69) is 5.32 Å². The SMILES string of the molecule is Cc1cc(NC(=O)[C@@](C)(O)CCc2ccc(Cl)c(F)c2)ccc1N. The van der Waals surface area contributed by atoms with E-state index in [0.29, 0.717) is 23.4 Å². The van der Waals surface area contributed by atoms with E-state index in [1.165, 1.54) is 19.1 Å². The summed E-state index contributed by atoms with van der Waals surface area (Å²) in [6.45, 7) is 3.26. The number of hydrogen-bond acceptors (Lipinski definition) is 3. The smallest absolute Gasteiger partial charge is 0.256 e. The number of aliphatic hydroxyl groups is 1. The molecule has 4 N–H and O–H groups in total.